The van der Waals surface area contributed by atoms with Gasteiger partial charge in [-0.2, -0.15) is 4.98 Å². The highest BCUT2D eigenvalue weighted by Crippen LogP contribution is 2.06. The zero-order valence-electron chi connectivity index (χ0n) is 6.28. The number of anilines is 1. The van der Waals surface area contributed by atoms with Gasteiger partial charge in [0, 0.05) is 6.54 Å². The maximum Gasteiger partial charge on any atom is 0.357 e. The van der Waals surface area contributed by atoms with E-state index in [2.05, 4.69) is 16.9 Å². The van der Waals surface area contributed by atoms with Crippen molar-refractivity contribution in [3.05, 3.63) is 24.6 Å². The summed E-state index contributed by atoms with van der Waals surface area (Å²) >= 11 is 0. The summed E-state index contributed by atoms with van der Waals surface area (Å²) in [7, 11) is 0. The van der Waals surface area contributed by atoms with Gasteiger partial charge in [0.15, 0.2) is 5.69 Å². The number of aromatic carboxylic acids is 1. The molecule has 0 spiro atoms. The third-order valence-corrected chi connectivity index (χ3v) is 1.12. The monoisotopic (exact) mass is 168 g/mol. The highest BCUT2D eigenvalue weighted by molar-refractivity contribution is 5.85. The molecule has 0 saturated carbocycles. The molecule has 5 nitrogen and oxygen atoms in total. The molecule has 0 amide bonds. The molecule has 0 fully saturated rings. The fourth-order valence-electron chi connectivity index (χ4n) is 0.613. The van der Waals surface area contributed by atoms with E-state index in [0.29, 0.717) is 6.54 Å². The summed E-state index contributed by atoms with van der Waals surface area (Å²) in [6.07, 6.45) is 2.69. The van der Waals surface area contributed by atoms with Gasteiger partial charge in [-0.1, -0.05) is 6.08 Å². The predicted molar refractivity (Wildman–Crippen MR) is 42.1 cm³/mol. The van der Waals surface area contributed by atoms with Crippen molar-refractivity contribution in [2.24, 2.45) is 0 Å². The minimum atomic E-state index is -1.11. The quantitative estimate of drug-likeness (QED) is 0.655. The van der Waals surface area contributed by atoms with Crippen LogP contribution in [0.5, 0.6) is 0 Å². The van der Waals surface area contributed by atoms with E-state index < -0.39 is 5.97 Å². The van der Waals surface area contributed by atoms with Crippen LogP contribution < -0.4 is 5.32 Å². The number of carboxylic acid groups (broad SMARTS) is 1. The van der Waals surface area contributed by atoms with Gasteiger partial charge >= 0.3 is 5.97 Å². The molecule has 0 aliphatic heterocycles. The van der Waals surface area contributed by atoms with Crippen LogP contribution in [-0.2, 0) is 0 Å². The Bertz CT molecular complexity index is 293. The van der Waals surface area contributed by atoms with Crippen LogP contribution in [0, 0.1) is 0 Å². The minimum Gasteiger partial charge on any atom is -0.476 e. The highest BCUT2D eigenvalue weighted by atomic mass is 16.4. The molecule has 0 saturated heterocycles. The summed E-state index contributed by atoms with van der Waals surface area (Å²) in [4.78, 5) is 13.9. The largest absolute Gasteiger partial charge is 0.476 e. The SMILES string of the molecule is C=CCNc1nc(C(=O)O)co1. The molecule has 0 aromatic carbocycles. The van der Waals surface area contributed by atoms with E-state index >= 15 is 0 Å². The van der Waals surface area contributed by atoms with Crippen LogP contribution in [0.3, 0.4) is 0 Å². The Morgan fingerprint density at radius 2 is 2.67 bits per heavy atom. The Morgan fingerprint density at radius 3 is 3.17 bits per heavy atom. The first-order chi connectivity index (χ1) is 5.74. The molecule has 0 aliphatic rings. The fraction of sp³-hybridized carbons (Fsp3) is 0.143. The number of nitrogens with one attached hydrogen (secondary N) is 1. The molecule has 0 unspecified atom stereocenters. The van der Waals surface area contributed by atoms with Crippen LogP contribution in [0.1, 0.15) is 10.5 Å². The van der Waals surface area contributed by atoms with Crippen molar-refractivity contribution in [2.75, 3.05) is 11.9 Å². The van der Waals surface area contributed by atoms with Gasteiger partial charge in [-0.15, -0.1) is 6.58 Å². The van der Waals surface area contributed by atoms with Gasteiger partial charge < -0.3 is 14.8 Å². The van der Waals surface area contributed by atoms with Crippen LogP contribution in [0.4, 0.5) is 6.01 Å². The number of hydrogen-bond donors (Lipinski definition) is 2. The molecule has 0 bridgehead atoms. The summed E-state index contributed by atoms with van der Waals surface area (Å²) < 4.78 is 4.78. The van der Waals surface area contributed by atoms with Crippen LogP contribution in [0.15, 0.2) is 23.3 Å². The highest BCUT2D eigenvalue weighted by Gasteiger charge is 2.08. The second-order valence-electron chi connectivity index (χ2n) is 2.01. The summed E-state index contributed by atoms with van der Waals surface area (Å²) in [6, 6.07) is 0.187. The minimum absolute atomic E-state index is 0.110. The number of rotatable bonds is 4. The Balaban J connectivity index is 2.64. The Kier molecular flexibility index (Phi) is 2.47. The second kappa shape index (κ2) is 3.56. The molecule has 1 aromatic rings. The maximum atomic E-state index is 10.3. The summed E-state index contributed by atoms with van der Waals surface area (Å²) in [5, 5.41) is 11.2. The van der Waals surface area contributed by atoms with E-state index in [4.69, 9.17) is 9.52 Å². The molecule has 2 N–H and O–H groups in total. The van der Waals surface area contributed by atoms with Gasteiger partial charge in [-0.3, -0.25) is 0 Å². The summed E-state index contributed by atoms with van der Waals surface area (Å²) in [5.41, 5.74) is -0.110. The number of oxazole rings is 1. The number of carboxylic acids is 1. The van der Waals surface area contributed by atoms with E-state index in [1.165, 1.54) is 0 Å². The molecule has 5 heteroatoms. The average Bonchev–Trinajstić information content (AvgIpc) is 2.48. The van der Waals surface area contributed by atoms with Crippen LogP contribution in [0.25, 0.3) is 0 Å². The molecule has 0 radical (unpaired) electrons. The first kappa shape index (κ1) is 8.32. The standard InChI is InChI=1S/C7H8N2O3/c1-2-3-8-7-9-5(4-12-7)6(10)11/h2,4H,1,3H2,(H,8,9)(H,10,11). The Labute approximate surface area is 68.7 Å². The number of hydrogen-bond acceptors (Lipinski definition) is 4. The van der Waals surface area contributed by atoms with Crippen LogP contribution in [0.2, 0.25) is 0 Å². The lowest BCUT2D eigenvalue weighted by Gasteiger charge is -1.92. The first-order valence-electron chi connectivity index (χ1n) is 3.27. The third-order valence-electron chi connectivity index (χ3n) is 1.12. The van der Waals surface area contributed by atoms with Gasteiger partial charge in [0.2, 0.25) is 0 Å². The molecular formula is C7H8N2O3. The number of carbonyl (C=O) groups is 1. The lowest BCUT2D eigenvalue weighted by atomic mass is 10.5. The molecule has 1 aromatic heterocycles. The van der Waals surface area contributed by atoms with Crippen molar-refractivity contribution in [1.29, 1.82) is 0 Å². The maximum absolute atomic E-state index is 10.3. The topological polar surface area (TPSA) is 75.4 Å². The van der Waals surface area contributed by atoms with Gasteiger partial charge in [0.1, 0.15) is 6.26 Å². The normalized spacial score (nSPS) is 9.33. The zero-order chi connectivity index (χ0) is 8.97. The lowest BCUT2D eigenvalue weighted by Crippen LogP contribution is -2.00. The van der Waals surface area contributed by atoms with Gasteiger partial charge in [-0.25, -0.2) is 4.79 Å². The second-order valence-corrected chi connectivity index (χ2v) is 2.01. The zero-order valence-corrected chi connectivity index (χ0v) is 6.28. The lowest BCUT2D eigenvalue weighted by molar-refractivity contribution is 0.0690. The summed E-state index contributed by atoms with van der Waals surface area (Å²) in [6.45, 7) is 3.96. The van der Waals surface area contributed by atoms with Gasteiger partial charge in [0.25, 0.3) is 6.01 Å². The third kappa shape index (κ3) is 1.85. The Hall–Kier alpha value is -1.78. The van der Waals surface area contributed by atoms with Crippen LogP contribution in [-0.4, -0.2) is 22.6 Å². The predicted octanol–water partition coefficient (Wildman–Crippen LogP) is 0.971. The van der Waals surface area contributed by atoms with Crippen molar-refractivity contribution in [2.45, 2.75) is 0 Å². The van der Waals surface area contributed by atoms with E-state index in [1.807, 2.05) is 0 Å². The molecule has 0 aliphatic carbocycles. The number of nitrogens with zero attached hydrogens (tertiary/aromatic N) is 1. The van der Waals surface area contributed by atoms with E-state index in [-0.39, 0.29) is 11.7 Å². The Morgan fingerprint density at radius 1 is 1.92 bits per heavy atom. The molecule has 0 atom stereocenters. The van der Waals surface area contributed by atoms with Gasteiger partial charge in [0.05, 0.1) is 0 Å². The first-order valence-corrected chi connectivity index (χ1v) is 3.27. The van der Waals surface area contributed by atoms with Crippen molar-refractivity contribution in [3.63, 3.8) is 0 Å². The molecule has 1 rings (SSSR count). The fourth-order valence-corrected chi connectivity index (χ4v) is 0.613. The van der Waals surface area contributed by atoms with E-state index in [9.17, 15) is 4.79 Å². The van der Waals surface area contributed by atoms with E-state index in [1.54, 1.807) is 6.08 Å². The van der Waals surface area contributed by atoms with Gasteiger partial charge in [-0.05, 0) is 0 Å². The molecular weight excluding hydrogens is 160 g/mol. The smallest absolute Gasteiger partial charge is 0.357 e. The molecule has 1 heterocycles. The van der Waals surface area contributed by atoms with Crippen molar-refractivity contribution in [3.8, 4) is 0 Å². The van der Waals surface area contributed by atoms with Crippen molar-refractivity contribution in [1.82, 2.24) is 4.98 Å². The average molecular weight is 168 g/mol. The van der Waals surface area contributed by atoms with Crippen molar-refractivity contribution >= 4 is 12.0 Å². The summed E-state index contributed by atoms with van der Waals surface area (Å²) in [5.74, 6) is -1.11. The molecule has 64 valence electrons. The van der Waals surface area contributed by atoms with E-state index in [0.717, 1.165) is 6.26 Å². The molecule has 12 heavy (non-hydrogen) atoms. The van der Waals surface area contributed by atoms with Crippen molar-refractivity contribution < 1.29 is 14.3 Å². The number of aromatic nitrogens is 1. The van der Waals surface area contributed by atoms with Crippen LogP contribution >= 0.6 is 0 Å².